The van der Waals surface area contributed by atoms with Crippen LogP contribution in [0.3, 0.4) is 0 Å². The van der Waals surface area contributed by atoms with E-state index in [4.69, 9.17) is 9.47 Å². The van der Waals surface area contributed by atoms with E-state index >= 15 is 0 Å². The molecule has 2 heterocycles. The van der Waals surface area contributed by atoms with Crippen LogP contribution in [0.5, 0.6) is 5.75 Å². The highest BCUT2D eigenvalue weighted by Crippen LogP contribution is 2.50. The topological polar surface area (TPSA) is 52.5 Å². The van der Waals surface area contributed by atoms with Crippen LogP contribution >= 0.6 is 0 Å². The summed E-state index contributed by atoms with van der Waals surface area (Å²) >= 11 is 0. The van der Waals surface area contributed by atoms with Gasteiger partial charge in [0.2, 0.25) is 0 Å². The van der Waals surface area contributed by atoms with Gasteiger partial charge in [-0.3, -0.25) is 0 Å². The third-order valence-electron chi connectivity index (χ3n) is 7.80. The molecule has 2 aromatic rings. The molecule has 5 rings (SSSR count). The number of nitrogens with zero attached hydrogens (tertiary/aromatic N) is 1. The summed E-state index contributed by atoms with van der Waals surface area (Å²) in [6.45, 7) is 2.18. The Labute approximate surface area is 210 Å². The predicted molar refractivity (Wildman–Crippen MR) is 122 cm³/mol. The Bertz CT molecular complexity index is 1150. The minimum atomic E-state index is -4.90. The van der Waals surface area contributed by atoms with Crippen molar-refractivity contribution in [1.82, 2.24) is 9.88 Å². The van der Waals surface area contributed by atoms with E-state index in [1.165, 1.54) is 10.6 Å². The number of amides is 1. The zero-order chi connectivity index (χ0) is 26.5. The van der Waals surface area contributed by atoms with Crippen LogP contribution in [0, 0.1) is 18.8 Å². The molecule has 1 amide bonds. The summed E-state index contributed by atoms with van der Waals surface area (Å²) in [5, 5.41) is 2.85. The number of carbonyl (C=O) groups excluding carboxylic acids is 1. The first-order valence-corrected chi connectivity index (χ1v) is 12.5. The van der Waals surface area contributed by atoms with E-state index in [0.717, 1.165) is 32.1 Å². The lowest BCUT2D eigenvalue weighted by atomic mass is 10.00. The van der Waals surface area contributed by atoms with Gasteiger partial charge in [0.05, 0.1) is 28.6 Å². The maximum Gasteiger partial charge on any atom is 0.417 e. The van der Waals surface area contributed by atoms with Crippen molar-refractivity contribution >= 4 is 6.09 Å². The standard InChI is InChI=1S/C26H28F6N2O3/c1-14-22(37-24(35)33-23-17-6-2-3-7-18(17)23)12-21(34(14)13-16-5-4-10-36-16)19-11-15(25(27,28)29)8-9-20(19)26(30,31)32/h8-9,11-12,16-18,23H,2-7,10,13H2,1H3,(H,33,35)/t16-,17?,18?,23?/m1/s1. The lowest BCUT2D eigenvalue weighted by Crippen LogP contribution is -2.30. The Kier molecular flexibility index (Phi) is 6.70. The fraction of sp³-hybridized carbons (Fsp3) is 0.577. The average Bonchev–Trinajstić information content (AvgIpc) is 3.13. The lowest BCUT2D eigenvalue weighted by molar-refractivity contribution is -0.141. The molecule has 3 aliphatic rings. The van der Waals surface area contributed by atoms with Crippen LogP contribution in [-0.4, -0.2) is 29.4 Å². The fourth-order valence-electron chi connectivity index (χ4n) is 5.83. The van der Waals surface area contributed by atoms with Gasteiger partial charge in [-0.05, 0) is 62.6 Å². The third kappa shape index (κ3) is 5.32. The van der Waals surface area contributed by atoms with Gasteiger partial charge < -0.3 is 19.4 Å². The van der Waals surface area contributed by atoms with Gasteiger partial charge in [0.1, 0.15) is 0 Å². The van der Waals surface area contributed by atoms with Gasteiger partial charge >= 0.3 is 18.4 Å². The maximum absolute atomic E-state index is 13.9. The van der Waals surface area contributed by atoms with Crippen LogP contribution < -0.4 is 10.1 Å². The summed E-state index contributed by atoms with van der Waals surface area (Å²) in [6.07, 6.45) is -5.04. The molecule has 0 radical (unpaired) electrons. The molecule has 2 saturated carbocycles. The number of fused-ring (bicyclic) bond motifs is 1. The van der Waals surface area contributed by atoms with Crippen LogP contribution in [0.15, 0.2) is 24.3 Å². The van der Waals surface area contributed by atoms with Crippen molar-refractivity contribution in [1.29, 1.82) is 0 Å². The molecular weight excluding hydrogens is 502 g/mol. The second-order valence-corrected chi connectivity index (χ2v) is 10.2. The molecule has 0 bridgehead atoms. The number of nitrogens with one attached hydrogen (secondary N) is 1. The molecule has 1 aromatic carbocycles. The molecule has 1 aromatic heterocycles. The summed E-state index contributed by atoms with van der Waals surface area (Å²) in [5.74, 6) is 0.836. The first kappa shape index (κ1) is 25.9. The normalized spacial score (nSPS) is 25.6. The van der Waals surface area contributed by atoms with E-state index in [2.05, 4.69) is 5.32 Å². The highest BCUT2D eigenvalue weighted by atomic mass is 19.4. The molecular formula is C26H28F6N2O3. The Morgan fingerprint density at radius 1 is 1.03 bits per heavy atom. The second-order valence-electron chi connectivity index (χ2n) is 10.2. The molecule has 3 fully saturated rings. The van der Waals surface area contributed by atoms with E-state index in [1.807, 2.05) is 0 Å². The molecule has 37 heavy (non-hydrogen) atoms. The monoisotopic (exact) mass is 530 g/mol. The Balaban J connectivity index is 1.51. The van der Waals surface area contributed by atoms with Crippen molar-refractivity contribution in [2.45, 2.75) is 76.5 Å². The van der Waals surface area contributed by atoms with Gasteiger partial charge in [-0.25, -0.2) is 4.79 Å². The molecule has 1 N–H and O–H groups in total. The Morgan fingerprint density at radius 3 is 2.32 bits per heavy atom. The van der Waals surface area contributed by atoms with Crippen LogP contribution in [0.1, 0.15) is 55.3 Å². The van der Waals surface area contributed by atoms with Crippen LogP contribution in [0.2, 0.25) is 0 Å². The Morgan fingerprint density at radius 2 is 1.73 bits per heavy atom. The Hall–Kier alpha value is -2.69. The van der Waals surface area contributed by atoms with Gasteiger partial charge in [-0.1, -0.05) is 12.8 Å². The minimum Gasteiger partial charge on any atom is -0.408 e. The largest absolute Gasteiger partial charge is 0.417 e. The first-order chi connectivity index (χ1) is 17.4. The minimum absolute atomic E-state index is 0.000319. The SMILES string of the molecule is Cc1c(OC(=O)NC2C3CCCCC32)cc(-c2cc(C(F)(F)F)ccc2C(F)(F)F)n1C[C@H]1CCCO1. The summed E-state index contributed by atoms with van der Waals surface area (Å²) in [4.78, 5) is 12.7. The molecule has 5 nitrogen and oxygen atoms in total. The average molecular weight is 531 g/mol. The number of hydrogen-bond donors (Lipinski definition) is 1. The number of hydrogen-bond acceptors (Lipinski definition) is 3. The number of aromatic nitrogens is 1. The zero-order valence-electron chi connectivity index (χ0n) is 20.2. The molecule has 2 unspecified atom stereocenters. The van der Waals surface area contributed by atoms with E-state index in [-0.39, 0.29) is 30.1 Å². The summed E-state index contributed by atoms with van der Waals surface area (Å²) in [5.41, 5.74) is -2.82. The van der Waals surface area contributed by atoms with Crippen molar-refractivity contribution < 1.29 is 40.6 Å². The van der Waals surface area contributed by atoms with Gasteiger partial charge in [-0.15, -0.1) is 0 Å². The van der Waals surface area contributed by atoms with E-state index in [1.54, 1.807) is 6.92 Å². The number of alkyl halides is 6. The molecule has 1 saturated heterocycles. The van der Waals surface area contributed by atoms with Crippen molar-refractivity contribution in [2.24, 2.45) is 11.8 Å². The molecule has 11 heteroatoms. The number of ether oxygens (including phenoxy) is 2. The van der Waals surface area contributed by atoms with Gasteiger partial charge in [0, 0.05) is 30.8 Å². The lowest BCUT2D eigenvalue weighted by Gasteiger charge is -2.20. The van der Waals surface area contributed by atoms with Gasteiger partial charge in [0.25, 0.3) is 0 Å². The molecule has 3 atom stereocenters. The van der Waals surface area contributed by atoms with Crippen LogP contribution in [0.25, 0.3) is 11.3 Å². The highest BCUT2D eigenvalue weighted by molar-refractivity contribution is 5.75. The summed E-state index contributed by atoms with van der Waals surface area (Å²) in [6, 6.07) is 2.60. The number of carbonyl (C=O) groups is 1. The van der Waals surface area contributed by atoms with Crippen molar-refractivity contribution in [3.8, 4) is 17.0 Å². The second kappa shape index (κ2) is 9.56. The van der Waals surface area contributed by atoms with E-state index in [9.17, 15) is 31.1 Å². The maximum atomic E-state index is 13.9. The van der Waals surface area contributed by atoms with Crippen molar-refractivity contribution in [3.63, 3.8) is 0 Å². The van der Waals surface area contributed by atoms with Gasteiger partial charge in [0.15, 0.2) is 5.75 Å². The number of halogens is 6. The third-order valence-corrected chi connectivity index (χ3v) is 7.80. The number of rotatable bonds is 5. The molecule has 0 spiro atoms. The van der Waals surface area contributed by atoms with E-state index < -0.39 is 35.1 Å². The molecule has 202 valence electrons. The summed E-state index contributed by atoms with van der Waals surface area (Å²) < 4.78 is 94.7. The van der Waals surface area contributed by atoms with Crippen LogP contribution in [0.4, 0.5) is 31.1 Å². The van der Waals surface area contributed by atoms with Crippen LogP contribution in [-0.2, 0) is 23.6 Å². The summed E-state index contributed by atoms with van der Waals surface area (Å²) in [7, 11) is 0. The van der Waals surface area contributed by atoms with E-state index in [0.29, 0.717) is 48.8 Å². The first-order valence-electron chi connectivity index (χ1n) is 12.5. The van der Waals surface area contributed by atoms with Crippen molar-refractivity contribution in [2.75, 3.05) is 6.61 Å². The quantitative estimate of drug-likeness (QED) is 0.426. The number of benzene rings is 1. The smallest absolute Gasteiger partial charge is 0.408 e. The van der Waals surface area contributed by atoms with Crippen molar-refractivity contribution in [3.05, 3.63) is 41.1 Å². The fourth-order valence-corrected chi connectivity index (χ4v) is 5.83. The predicted octanol–water partition coefficient (Wildman–Crippen LogP) is 6.96. The highest BCUT2D eigenvalue weighted by Gasteiger charge is 2.51. The molecule has 1 aliphatic heterocycles. The molecule has 2 aliphatic carbocycles. The van der Waals surface area contributed by atoms with Gasteiger partial charge in [-0.2, -0.15) is 26.3 Å². The zero-order valence-corrected chi connectivity index (χ0v) is 20.2.